The summed E-state index contributed by atoms with van der Waals surface area (Å²) in [4.78, 5) is 11.0. The molecule has 0 amide bonds. The van der Waals surface area contributed by atoms with Gasteiger partial charge in [0.15, 0.2) is 0 Å². The highest BCUT2D eigenvalue weighted by molar-refractivity contribution is 5.77. The third-order valence-electron chi connectivity index (χ3n) is 2.32. The minimum atomic E-state index is -1.07. The van der Waals surface area contributed by atoms with E-state index in [9.17, 15) is 9.18 Å². The standard InChI is InChI=1S/C12H12FNO/c1-9(15)7-12(2,8-14)10-5-3-4-6-11(10)13/h3-6H,7H2,1-2H3. The highest BCUT2D eigenvalue weighted by Crippen LogP contribution is 2.29. The molecule has 0 aromatic heterocycles. The summed E-state index contributed by atoms with van der Waals surface area (Å²) in [6, 6.07) is 8.07. The van der Waals surface area contributed by atoms with Gasteiger partial charge in [-0.25, -0.2) is 4.39 Å². The lowest BCUT2D eigenvalue weighted by Crippen LogP contribution is -2.24. The number of benzene rings is 1. The summed E-state index contributed by atoms with van der Waals surface area (Å²) in [7, 11) is 0. The molecule has 0 aliphatic rings. The molecule has 15 heavy (non-hydrogen) atoms. The fourth-order valence-corrected chi connectivity index (χ4v) is 1.60. The van der Waals surface area contributed by atoms with E-state index in [1.165, 1.54) is 13.0 Å². The van der Waals surface area contributed by atoms with Gasteiger partial charge < -0.3 is 0 Å². The minimum Gasteiger partial charge on any atom is -0.300 e. The van der Waals surface area contributed by atoms with Gasteiger partial charge in [0.25, 0.3) is 0 Å². The summed E-state index contributed by atoms with van der Waals surface area (Å²) in [6.07, 6.45) is 0.0322. The zero-order valence-electron chi connectivity index (χ0n) is 8.75. The van der Waals surface area contributed by atoms with E-state index in [1.807, 2.05) is 6.07 Å². The van der Waals surface area contributed by atoms with Crippen LogP contribution >= 0.6 is 0 Å². The normalized spacial score (nSPS) is 14.0. The Bertz CT molecular complexity index is 422. The van der Waals surface area contributed by atoms with Gasteiger partial charge in [-0.05, 0) is 19.9 Å². The number of rotatable bonds is 3. The van der Waals surface area contributed by atoms with E-state index in [0.29, 0.717) is 0 Å². The lowest BCUT2D eigenvalue weighted by atomic mass is 9.79. The molecule has 0 N–H and O–H groups in total. The fourth-order valence-electron chi connectivity index (χ4n) is 1.60. The van der Waals surface area contributed by atoms with Crippen LogP contribution in [-0.2, 0) is 10.2 Å². The Morgan fingerprint density at radius 2 is 2.13 bits per heavy atom. The van der Waals surface area contributed by atoms with Crippen LogP contribution in [0.25, 0.3) is 0 Å². The van der Waals surface area contributed by atoms with Gasteiger partial charge in [-0.2, -0.15) is 5.26 Å². The summed E-state index contributed by atoms with van der Waals surface area (Å²) >= 11 is 0. The molecule has 0 saturated heterocycles. The summed E-state index contributed by atoms with van der Waals surface area (Å²) in [5.41, 5.74) is -0.792. The second kappa shape index (κ2) is 4.22. The molecule has 1 rings (SSSR count). The average molecular weight is 205 g/mol. The summed E-state index contributed by atoms with van der Waals surface area (Å²) in [6.45, 7) is 2.98. The van der Waals surface area contributed by atoms with Gasteiger partial charge in [-0.3, -0.25) is 4.79 Å². The monoisotopic (exact) mass is 205 g/mol. The largest absolute Gasteiger partial charge is 0.300 e. The number of nitriles is 1. The van der Waals surface area contributed by atoms with Crippen LogP contribution in [0.4, 0.5) is 4.39 Å². The van der Waals surface area contributed by atoms with Crippen molar-refractivity contribution in [3.05, 3.63) is 35.6 Å². The predicted octanol–water partition coefficient (Wildman–Crippen LogP) is 2.59. The Labute approximate surface area is 88.3 Å². The third kappa shape index (κ3) is 2.41. The Morgan fingerprint density at radius 1 is 1.53 bits per heavy atom. The smallest absolute Gasteiger partial charge is 0.131 e. The number of carbonyl (C=O) groups excluding carboxylic acids is 1. The van der Waals surface area contributed by atoms with E-state index in [-0.39, 0.29) is 17.8 Å². The minimum absolute atomic E-state index is 0.0322. The Kier molecular flexibility index (Phi) is 3.21. The molecule has 0 fully saturated rings. The van der Waals surface area contributed by atoms with Crippen molar-refractivity contribution in [1.29, 1.82) is 5.26 Å². The van der Waals surface area contributed by atoms with Crippen LogP contribution in [0.1, 0.15) is 25.8 Å². The number of hydrogen-bond acceptors (Lipinski definition) is 2. The molecule has 0 heterocycles. The topological polar surface area (TPSA) is 40.9 Å². The van der Waals surface area contributed by atoms with Crippen LogP contribution in [0.5, 0.6) is 0 Å². The van der Waals surface area contributed by atoms with Gasteiger partial charge in [0.2, 0.25) is 0 Å². The molecule has 1 unspecified atom stereocenters. The maximum absolute atomic E-state index is 13.5. The van der Waals surface area contributed by atoms with Crippen molar-refractivity contribution in [2.75, 3.05) is 0 Å². The highest BCUT2D eigenvalue weighted by Gasteiger charge is 2.30. The van der Waals surface area contributed by atoms with Crippen molar-refractivity contribution in [2.45, 2.75) is 25.7 Å². The Morgan fingerprint density at radius 3 is 2.60 bits per heavy atom. The van der Waals surface area contributed by atoms with Crippen molar-refractivity contribution in [3.63, 3.8) is 0 Å². The first-order valence-corrected chi connectivity index (χ1v) is 4.65. The summed E-state index contributed by atoms with van der Waals surface area (Å²) in [5.74, 6) is -0.565. The van der Waals surface area contributed by atoms with Crippen LogP contribution in [0, 0.1) is 17.1 Å². The van der Waals surface area contributed by atoms with Crippen molar-refractivity contribution >= 4 is 5.78 Å². The second-order valence-electron chi connectivity index (χ2n) is 3.80. The Hall–Kier alpha value is -1.69. The van der Waals surface area contributed by atoms with Crippen molar-refractivity contribution < 1.29 is 9.18 Å². The molecule has 0 bridgehead atoms. The molecule has 0 aliphatic carbocycles. The number of carbonyl (C=O) groups is 1. The quantitative estimate of drug-likeness (QED) is 0.761. The first-order chi connectivity index (χ1) is 6.99. The van der Waals surface area contributed by atoms with Crippen LogP contribution in [0.15, 0.2) is 24.3 Å². The lowest BCUT2D eigenvalue weighted by Gasteiger charge is -2.20. The maximum atomic E-state index is 13.5. The van der Waals surface area contributed by atoms with Crippen molar-refractivity contribution in [3.8, 4) is 6.07 Å². The zero-order valence-corrected chi connectivity index (χ0v) is 8.75. The van der Waals surface area contributed by atoms with E-state index in [2.05, 4.69) is 0 Å². The lowest BCUT2D eigenvalue weighted by molar-refractivity contribution is -0.117. The number of ketones is 1. The first kappa shape index (κ1) is 11.4. The van der Waals surface area contributed by atoms with Crippen molar-refractivity contribution in [1.82, 2.24) is 0 Å². The molecule has 0 radical (unpaired) electrons. The molecule has 0 aliphatic heterocycles. The molecule has 0 spiro atoms. The molecule has 1 aromatic rings. The van der Waals surface area contributed by atoms with Gasteiger partial charge in [0, 0.05) is 12.0 Å². The van der Waals surface area contributed by atoms with Gasteiger partial charge in [-0.15, -0.1) is 0 Å². The molecule has 0 saturated carbocycles. The molecule has 2 nitrogen and oxygen atoms in total. The van der Waals surface area contributed by atoms with Crippen LogP contribution in [-0.4, -0.2) is 5.78 Å². The highest BCUT2D eigenvalue weighted by atomic mass is 19.1. The van der Waals surface area contributed by atoms with E-state index in [1.54, 1.807) is 25.1 Å². The maximum Gasteiger partial charge on any atom is 0.131 e. The number of halogens is 1. The fraction of sp³-hybridized carbons (Fsp3) is 0.333. The SMILES string of the molecule is CC(=O)CC(C)(C#N)c1ccccc1F. The summed E-state index contributed by atoms with van der Waals surface area (Å²) in [5, 5.41) is 9.04. The average Bonchev–Trinajstić information content (AvgIpc) is 2.17. The van der Waals surface area contributed by atoms with Crippen LogP contribution in [0.2, 0.25) is 0 Å². The van der Waals surface area contributed by atoms with Gasteiger partial charge in [-0.1, -0.05) is 18.2 Å². The molecule has 1 atom stereocenters. The molecule has 78 valence electrons. The van der Waals surface area contributed by atoms with Gasteiger partial charge in [0.1, 0.15) is 11.6 Å². The first-order valence-electron chi connectivity index (χ1n) is 4.65. The summed E-state index contributed by atoms with van der Waals surface area (Å²) < 4.78 is 13.5. The molecule has 3 heteroatoms. The van der Waals surface area contributed by atoms with Crippen LogP contribution in [0.3, 0.4) is 0 Å². The number of hydrogen-bond donors (Lipinski definition) is 0. The predicted molar refractivity (Wildman–Crippen MR) is 54.7 cm³/mol. The third-order valence-corrected chi connectivity index (χ3v) is 2.32. The van der Waals surface area contributed by atoms with E-state index in [0.717, 1.165) is 0 Å². The van der Waals surface area contributed by atoms with E-state index < -0.39 is 11.2 Å². The van der Waals surface area contributed by atoms with Crippen LogP contribution < -0.4 is 0 Å². The molecule has 1 aromatic carbocycles. The van der Waals surface area contributed by atoms with Crippen molar-refractivity contribution in [2.24, 2.45) is 0 Å². The molecular formula is C12H12FNO. The molecular weight excluding hydrogens is 193 g/mol. The second-order valence-corrected chi connectivity index (χ2v) is 3.80. The number of Topliss-reactive ketones (excluding diaryl/α,β-unsaturated/α-hetero) is 1. The zero-order chi connectivity index (χ0) is 11.5. The van der Waals surface area contributed by atoms with E-state index >= 15 is 0 Å². The van der Waals surface area contributed by atoms with E-state index in [4.69, 9.17) is 5.26 Å². The Balaban J connectivity index is 3.18. The van der Waals surface area contributed by atoms with Gasteiger partial charge in [0.05, 0.1) is 11.5 Å². The number of nitrogens with zero attached hydrogens (tertiary/aromatic N) is 1. The van der Waals surface area contributed by atoms with Gasteiger partial charge >= 0.3 is 0 Å².